The molecule has 0 fully saturated rings. The summed E-state index contributed by atoms with van der Waals surface area (Å²) in [6.45, 7) is 1.29. The highest BCUT2D eigenvalue weighted by atomic mass is 14.9. The highest BCUT2D eigenvalue weighted by Gasteiger charge is 2.07. The van der Waals surface area contributed by atoms with Crippen LogP contribution < -0.4 is 10.6 Å². The minimum atomic E-state index is 0.643. The average molecular weight is 518 g/mol. The van der Waals surface area contributed by atoms with Crippen LogP contribution in [0.3, 0.4) is 0 Å². The van der Waals surface area contributed by atoms with Gasteiger partial charge in [-0.05, 0) is 69.8 Å². The van der Waals surface area contributed by atoms with Gasteiger partial charge in [-0.15, -0.1) is 0 Å². The Balaban J connectivity index is 1.17. The quantitative estimate of drug-likeness (QED) is 0.201. The van der Waals surface area contributed by atoms with Crippen molar-refractivity contribution in [2.75, 3.05) is 10.6 Å². The van der Waals surface area contributed by atoms with E-state index < -0.39 is 0 Å². The van der Waals surface area contributed by atoms with Crippen molar-refractivity contribution in [1.29, 1.82) is 0 Å². The highest BCUT2D eigenvalue weighted by molar-refractivity contribution is 5.68. The molecule has 0 spiro atoms. The summed E-state index contributed by atoms with van der Waals surface area (Å²) in [5, 5.41) is 7.12. The monoisotopic (exact) mass is 517 g/mol. The summed E-state index contributed by atoms with van der Waals surface area (Å²) in [5.41, 5.74) is 11.4. The maximum absolute atomic E-state index is 4.99. The zero-order valence-corrected chi connectivity index (χ0v) is 22.3. The summed E-state index contributed by atoms with van der Waals surface area (Å²) in [6.07, 6.45) is 0. The lowest BCUT2D eigenvalue weighted by Gasteiger charge is -2.13. The molecule has 0 aliphatic carbocycles. The summed E-state index contributed by atoms with van der Waals surface area (Å²) in [7, 11) is 0. The van der Waals surface area contributed by atoms with E-state index in [4.69, 9.17) is 4.98 Å². The van der Waals surface area contributed by atoms with Gasteiger partial charge in [-0.3, -0.25) is 4.98 Å². The van der Waals surface area contributed by atoms with Gasteiger partial charge in [0.2, 0.25) is 0 Å². The van der Waals surface area contributed by atoms with Gasteiger partial charge in [0.1, 0.15) is 0 Å². The molecule has 5 aromatic carbocycles. The predicted octanol–water partition coefficient (Wildman–Crippen LogP) is 9.31. The van der Waals surface area contributed by atoms with E-state index in [1.807, 2.05) is 18.2 Å². The molecule has 0 radical (unpaired) electrons. The Morgan fingerprint density at radius 2 is 0.675 bits per heavy atom. The fourth-order valence-corrected chi connectivity index (χ4v) is 4.84. The highest BCUT2D eigenvalue weighted by Crippen LogP contribution is 2.25. The molecule has 6 aromatic rings. The van der Waals surface area contributed by atoms with Crippen LogP contribution >= 0.6 is 0 Å². The maximum atomic E-state index is 4.99. The maximum Gasteiger partial charge on any atom is 0.0605 e. The first-order valence-corrected chi connectivity index (χ1v) is 13.6. The van der Waals surface area contributed by atoms with E-state index in [1.165, 1.54) is 33.4 Å². The second-order valence-electron chi connectivity index (χ2n) is 9.80. The molecule has 3 heteroatoms. The number of nitrogens with one attached hydrogen (secondary N) is 2. The molecule has 1 aromatic heterocycles. The lowest BCUT2D eigenvalue weighted by atomic mass is 10.0. The minimum Gasteiger partial charge on any atom is -0.379 e. The number of pyridine rings is 1. The molecular formula is C37H31N3. The zero-order chi connectivity index (χ0) is 27.0. The van der Waals surface area contributed by atoms with Gasteiger partial charge in [-0.2, -0.15) is 0 Å². The third-order valence-electron chi connectivity index (χ3n) is 6.97. The summed E-state index contributed by atoms with van der Waals surface area (Å²) in [4.78, 5) is 4.99. The molecular weight excluding hydrogens is 486 g/mol. The molecule has 0 aliphatic rings. The van der Waals surface area contributed by atoms with Crippen molar-refractivity contribution in [3.63, 3.8) is 0 Å². The standard InChI is InChI=1S/C37H31N3/c1-4-10-28(11-5-1)31-16-20-34(21-17-31)38-26-36-24-33(30-14-8-3-9-15-30)25-37(40-36)27-39-35-22-18-32(19-23-35)29-12-6-2-7-13-29/h1-25,38-39H,26-27H2. The Morgan fingerprint density at radius 1 is 0.350 bits per heavy atom. The van der Waals surface area contributed by atoms with E-state index in [0.29, 0.717) is 13.1 Å². The predicted molar refractivity (Wildman–Crippen MR) is 168 cm³/mol. The molecule has 0 saturated carbocycles. The molecule has 40 heavy (non-hydrogen) atoms. The normalized spacial score (nSPS) is 10.7. The molecule has 0 unspecified atom stereocenters. The first kappa shape index (κ1) is 25.1. The van der Waals surface area contributed by atoms with Crippen LogP contribution in [0.4, 0.5) is 11.4 Å². The smallest absolute Gasteiger partial charge is 0.0605 e. The van der Waals surface area contributed by atoms with Crippen LogP contribution in [0, 0.1) is 0 Å². The van der Waals surface area contributed by atoms with Gasteiger partial charge in [-0.1, -0.05) is 115 Å². The summed E-state index contributed by atoms with van der Waals surface area (Å²) < 4.78 is 0. The van der Waals surface area contributed by atoms with Crippen molar-refractivity contribution < 1.29 is 0 Å². The van der Waals surface area contributed by atoms with Crippen molar-refractivity contribution in [2.45, 2.75) is 13.1 Å². The third kappa shape index (κ3) is 6.28. The number of hydrogen-bond acceptors (Lipinski definition) is 3. The Kier molecular flexibility index (Phi) is 7.63. The van der Waals surface area contributed by atoms with Crippen LogP contribution in [0.15, 0.2) is 152 Å². The molecule has 2 N–H and O–H groups in total. The number of nitrogens with zero attached hydrogens (tertiary/aromatic N) is 1. The van der Waals surface area contributed by atoms with Crippen LogP contribution in [0.25, 0.3) is 33.4 Å². The van der Waals surface area contributed by atoms with Crippen LogP contribution in [0.2, 0.25) is 0 Å². The SMILES string of the molecule is c1ccc(-c2ccc(NCc3cc(-c4ccccc4)cc(CNc4ccc(-c5ccccc5)cc4)n3)cc2)cc1. The van der Waals surface area contributed by atoms with Crippen LogP contribution in [0.5, 0.6) is 0 Å². The zero-order valence-electron chi connectivity index (χ0n) is 22.3. The van der Waals surface area contributed by atoms with Crippen molar-refractivity contribution in [2.24, 2.45) is 0 Å². The summed E-state index contributed by atoms with van der Waals surface area (Å²) >= 11 is 0. The van der Waals surface area contributed by atoms with Crippen LogP contribution in [0.1, 0.15) is 11.4 Å². The van der Waals surface area contributed by atoms with Crippen LogP contribution in [-0.2, 0) is 13.1 Å². The van der Waals surface area contributed by atoms with E-state index in [9.17, 15) is 0 Å². The van der Waals surface area contributed by atoms with Gasteiger partial charge in [-0.25, -0.2) is 0 Å². The van der Waals surface area contributed by atoms with Gasteiger partial charge < -0.3 is 10.6 Å². The van der Waals surface area contributed by atoms with E-state index in [1.54, 1.807) is 0 Å². The second-order valence-corrected chi connectivity index (χ2v) is 9.80. The number of benzene rings is 5. The number of hydrogen-bond donors (Lipinski definition) is 2. The molecule has 0 aliphatic heterocycles. The van der Waals surface area contributed by atoms with Crippen molar-refractivity contribution >= 4 is 11.4 Å². The van der Waals surface area contributed by atoms with E-state index in [-0.39, 0.29) is 0 Å². The second kappa shape index (κ2) is 12.1. The van der Waals surface area contributed by atoms with E-state index >= 15 is 0 Å². The largest absolute Gasteiger partial charge is 0.379 e. The minimum absolute atomic E-state index is 0.643. The van der Waals surface area contributed by atoms with E-state index in [0.717, 1.165) is 22.8 Å². The lowest BCUT2D eigenvalue weighted by molar-refractivity contribution is 0.967. The Hall–Kier alpha value is -5.15. The topological polar surface area (TPSA) is 37.0 Å². The average Bonchev–Trinajstić information content (AvgIpc) is 3.04. The molecule has 6 rings (SSSR count). The van der Waals surface area contributed by atoms with Gasteiger partial charge in [0, 0.05) is 11.4 Å². The summed E-state index contributed by atoms with van der Waals surface area (Å²) in [6, 6.07) is 52.9. The fraction of sp³-hybridized carbons (Fsp3) is 0.0541. The van der Waals surface area contributed by atoms with E-state index in [2.05, 4.69) is 144 Å². The van der Waals surface area contributed by atoms with Gasteiger partial charge in [0.05, 0.1) is 24.5 Å². The fourth-order valence-electron chi connectivity index (χ4n) is 4.84. The van der Waals surface area contributed by atoms with Crippen molar-refractivity contribution in [3.8, 4) is 33.4 Å². The molecule has 0 bridgehead atoms. The lowest BCUT2D eigenvalue weighted by Crippen LogP contribution is -2.07. The van der Waals surface area contributed by atoms with Crippen LogP contribution in [-0.4, -0.2) is 4.98 Å². The van der Waals surface area contributed by atoms with Crippen molar-refractivity contribution in [1.82, 2.24) is 4.98 Å². The van der Waals surface area contributed by atoms with Crippen molar-refractivity contribution in [3.05, 3.63) is 163 Å². The summed E-state index contributed by atoms with van der Waals surface area (Å²) in [5.74, 6) is 0. The molecule has 0 amide bonds. The Bertz CT molecular complexity index is 1540. The number of anilines is 2. The first-order chi connectivity index (χ1) is 19.8. The molecule has 1 heterocycles. The number of rotatable bonds is 9. The molecule has 3 nitrogen and oxygen atoms in total. The molecule has 194 valence electrons. The van der Waals surface area contributed by atoms with Gasteiger partial charge in [0.15, 0.2) is 0 Å². The first-order valence-electron chi connectivity index (χ1n) is 13.6. The van der Waals surface area contributed by atoms with Gasteiger partial charge in [0.25, 0.3) is 0 Å². The Labute approximate surface area is 236 Å². The third-order valence-corrected chi connectivity index (χ3v) is 6.97. The number of aromatic nitrogens is 1. The molecule has 0 saturated heterocycles. The van der Waals surface area contributed by atoms with Gasteiger partial charge >= 0.3 is 0 Å². The molecule has 0 atom stereocenters. The Morgan fingerprint density at radius 3 is 1.05 bits per heavy atom.